The van der Waals surface area contributed by atoms with Crippen molar-refractivity contribution < 1.29 is 4.74 Å². The molecule has 28 heavy (non-hydrogen) atoms. The zero-order valence-corrected chi connectivity index (χ0v) is 16.7. The van der Waals surface area contributed by atoms with Gasteiger partial charge in [-0.05, 0) is 50.6 Å². The molecule has 1 aromatic heterocycles. The van der Waals surface area contributed by atoms with Crippen molar-refractivity contribution in [1.82, 2.24) is 9.97 Å². The van der Waals surface area contributed by atoms with E-state index in [0.29, 0.717) is 18.0 Å². The van der Waals surface area contributed by atoms with E-state index in [0.717, 1.165) is 47.5 Å². The molecule has 1 N–H and O–H groups in total. The van der Waals surface area contributed by atoms with Gasteiger partial charge in [0.25, 0.3) is 0 Å². The molecule has 0 saturated heterocycles. The fourth-order valence-corrected chi connectivity index (χ4v) is 3.15. The Morgan fingerprint density at radius 1 is 1.18 bits per heavy atom. The highest BCUT2D eigenvalue weighted by atomic mass is 16.5. The summed E-state index contributed by atoms with van der Waals surface area (Å²) in [6.45, 7) is 8.86. The Balaban J connectivity index is 2.02. The molecule has 5 heteroatoms. The average molecular weight is 374 g/mol. The molecule has 0 spiro atoms. The van der Waals surface area contributed by atoms with E-state index in [-0.39, 0.29) is 0 Å². The first kappa shape index (κ1) is 19.5. The highest BCUT2D eigenvalue weighted by Crippen LogP contribution is 2.29. The number of H-pyrrole nitrogens is 1. The molecule has 0 aliphatic heterocycles. The molecule has 5 nitrogen and oxygen atoms in total. The maximum atomic E-state index is 9.72. The summed E-state index contributed by atoms with van der Waals surface area (Å²) in [7, 11) is 0. The Morgan fingerprint density at radius 2 is 1.96 bits per heavy atom. The lowest BCUT2D eigenvalue weighted by Crippen LogP contribution is -2.21. The van der Waals surface area contributed by atoms with Crippen LogP contribution in [-0.2, 0) is 0 Å². The van der Waals surface area contributed by atoms with E-state index in [1.165, 1.54) is 0 Å². The third kappa shape index (κ3) is 4.17. The van der Waals surface area contributed by atoms with Crippen molar-refractivity contribution in [3.8, 4) is 11.8 Å². The number of benzene rings is 2. The average Bonchev–Trinajstić information content (AvgIpc) is 3.16. The molecule has 0 fully saturated rings. The Labute approximate surface area is 166 Å². The SMILES string of the molecule is CCCOc1cc(N(CC)CC)ccc1/C=C(/C#N)c1nc2ccccc2[nH]1. The van der Waals surface area contributed by atoms with Gasteiger partial charge in [-0.2, -0.15) is 5.26 Å². The first-order valence-electron chi connectivity index (χ1n) is 9.78. The van der Waals surface area contributed by atoms with E-state index < -0.39 is 0 Å². The lowest BCUT2D eigenvalue weighted by atomic mass is 10.1. The molecule has 3 rings (SSSR count). The molecule has 0 unspecified atom stereocenters. The Kier molecular flexibility index (Phi) is 6.33. The largest absolute Gasteiger partial charge is 0.493 e. The second-order valence-electron chi connectivity index (χ2n) is 6.52. The van der Waals surface area contributed by atoms with Gasteiger partial charge in [0, 0.05) is 30.4 Å². The van der Waals surface area contributed by atoms with Crippen molar-refractivity contribution in [3.05, 3.63) is 53.9 Å². The third-order valence-corrected chi connectivity index (χ3v) is 4.65. The van der Waals surface area contributed by atoms with Crippen LogP contribution in [0.5, 0.6) is 5.75 Å². The fraction of sp³-hybridized carbons (Fsp3) is 0.304. The monoisotopic (exact) mass is 374 g/mol. The van der Waals surface area contributed by atoms with Crippen LogP contribution in [0.15, 0.2) is 42.5 Å². The molecular formula is C23H26N4O. The minimum atomic E-state index is 0.480. The number of fused-ring (bicyclic) bond motifs is 1. The molecule has 0 bridgehead atoms. The number of nitrogens with one attached hydrogen (secondary N) is 1. The highest BCUT2D eigenvalue weighted by Gasteiger charge is 2.12. The summed E-state index contributed by atoms with van der Waals surface area (Å²) < 4.78 is 6.00. The number of allylic oxidation sites excluding steroid dienone is 1. The minimum absolute atomic E-state index is 0.480. The van der Waals surface area contributed by atoms with Crippen LogP contribution in [0.1, 0.15) is 38.6 Å². The van der Waals surface area contributed by atoms with Gasteiger partial charge >= 0.3 is 0 Å². The van der Waals surface area contributed by atoms with Gasteiger partial charge in [0.1, 0.15) is 17.6 Å². The highest BCUT2D eigenvalue weighted by molar-refractivity contribution is 5.91. The number of ether oxygens (including phenoxy) is 1. The van der Waals surface area contributed by atoms with Gasteiger partial charge in [0.15, 0.2) is 0 Å². The molecule has 0 aliphatic carbocycles. The van der Waals surface area contributed by atoms with Crippen LogP contribution in [0, 0.1) is 11.3 Å². The summed E-state index contributed by atoms with van der Waals surface area (Å²) >= 11 is 0. The predicted octanol–water partition coefficient (Wildman–Crippen LogP) is 5.26. The lowest BCUT2D eigenvalue weighted by Gasteiger charge is -2.22. The van der Waals surface area contributed by atoms with Crippen molar-refractivity contribution in [2.24, 2.45) is 0 Å². The number of aromatic amines is 1. The number of hydrogen-bond acceptors (Lipinski definition) is 4. The van der Waals surface area contributed by atoms with Gasteiger partial charge in [-0.25, -0.2) is 4.98 Å². The quantitative estimate of drug-likeness (QED) is 0.546. The zero-order chi connectivity index (χ0) is 19.9. The minimum Gasteiger partial charge on any atom is -0.493 e. The van der Waals surface area contributed by atoms with Crippen LogP contribution in [0.25, 0.3) is 22.7 Å². The Hall–Kier alpha value is -3.26. The molecule has 3 aromatic rings. The number of anilines is 1. The fourth-order valence-electron chi connectivity index (χ4n) is 3.15. The predicted molar refractivity (Wildman–Crippen MR) is 115 cm³/mol. The maximum absolute atomic E-state index is 9.72. The number of hydrogen-bond donors (Lipinski definition) is 1. The Bertz CT molecular complexity index is 976. The topological polar surface area (TPSA) is 64.9 Å². The number of rotatable bonds is 8. The zero-order valence-electron chi connectivity index (χ0n) is 16.7. The summed E-state index contributed by atoms with van der Waals surface area (Å²) in [5.74, 6) is 1.35. The van der Waals surface area contributed by atoms with Crippen LogP contribution < -0.4 is 9.64 Å². The van der Waals surface area contributed by atoms with Gasteiger partial charge in [0.2, 0.25) is 0 Å². The van der Waals surface area contributed by atoms with E-state index >= 15 is 0 Å². The van der Waals surface area contributed by atoms with Gasteiger partial charge in [-0.3, -0.25) is 0 Å². The molecular weight excluding hydrogens is 348 g/mol. The van der Waals surface area contributed by atoms with Crippen molar-refractivity contribution in [1.29, 1.82) is 5.26 Å². The number of aromatic nitrogens is 2. The van der Waals surface area contributed by atoms with Gasteiger partial charge in [0.05, 0.1) is 23.2 Å². The van der Waals surface area contributed by atoms with Crippen molar-refractivity contribution in [2.75, 3.05) is 24.6 Å². The van der Waals surface area contributed by atoms with Crippen molar-refractivity contribution in [2.45, 2.75) is 27.2 Å². The van der Waals surface area contributed by atoms with Gasteiger partial charge < -0.3 is 14.6 Å². The van der Waals surface area contributed by atoms with Crippen molar-refractivity contribution in [3.63, 3.8) is 0 Å². The van der Waals surface area contributed by atoms with E-state index in [9.17, 15) is 5.26 Å². The van der Waals surface area contributed by atoms with E-state index in [4.69, 9.17) is 4.74 Å². The lowest BCUT2D eigenvalue weighted by molar-refractivity contribution is 0.317. The molecule has 0 radical (unpaired) electrons. The number of para-hydroxylation sites is 2. The van der Waals surface area contributed by atoms with Crippen LogP contribution in [0.3, 0.4) is 0 Å². The molecule has 0 saturated carbocycles. The molecule has 144 valence electrons. The maximum Gasteiger partial charge on any atom is 0.149 e. The number of nitrogens with zero attached hydrogens (tertiary/aromatic N) is 3. The number of nitriles is 1. The van der Waals surface area contributed by atoms with Crippen LogP contribution >= 0.6 is 0 Å². The van der Waals surface area contributed by atoms with Gasteiger partial charge in [-0.15, -0.1) is 0 Å². The second kappa shape index (κ2) is 9.09. The summed E-state index contributed by atoms with van der Waals surface area (Å²) in [6.07, 6.45) is 2.77. The summed E-state index contributed by atoms with van der Waals surface area (Å²) in [4.78, 5) is 10.0. The summed E-state index contributed by atoms with van der Waals surface area (Å²) in [5.41, 5.74) is 4.24. The second-order valence-corrected chi connectivity index (χ2v) is 6.52. The summed E-state index contributed by atoms with van der Waals surface area (Å²) in [5, 5.41) is 9.72. The van der Waals surface area contributed by atoms with E-state index in [2.05, 4.69) is 53.8 Å². The third-order valence-electron chi connectivity index (χ3n) is 4.65. The van der Waals surface area contributed by atoms with Crippen LogP contribution in [0.4, 0.5) is 5.69 Å². The van der Waals surface area contributed by atoms with Crippen molar-refractivity contribution >= 4 is 28.4 Å². The number of imidazole rings is 1. The normalized spacial score (nSPS) is 11.4. The van der Waals surface area contributed by atoms with Crippen LogP contribution in [-0.4, -0.2) is 29.7 Å². The van der Waals surface area contributed by atoms with Gasteiger partial charge in [-0.1, -0.05) is 19.1 Å². The first-order chi connectivity index (χ1) is 13.7. The molecule has 2 aromatic carbocycles. The standard InChI is InChI=1S/C23H26N4O/c1-4-13-28-22-15-19(27(5-2)6-3)12-11-17(22)14-18(16-24)23-25-20-9-7-8-10-21(20)26-23/h7-12,14-15H,4-6,13H2,1-3H3,(H,25,26)/b18-14-. The van der Waals surface area contributed by atoms with E-state index in [1.807, 2.05) is 36.4 Å². The molecule has 0 amide bonds. The molecule has 0 aliphatic rings. The smallest absolute Gasteiger partial charge is 0.149 e. The summed E-state index contributed by atoms with van der Waals surface area (Å²) in [6, 6.07) is 16.2. The molecule has 0 atom stereocenters. The first-order valence-corrected chi connectivity index (χ1v) is 9.78. The Morgan fingerprint density at radius 3 is 2.64 bits per heavy atom. The van der Waals surface area contributed by atoms with E-state index in [1.54, 1.807) is 0 Å². The molecule has 1 heterocycles. The van der Waals surface area contributed by atoms with Crippen LogP contribution in [0.2, 0.25) is 0 Å².